The number of carbonyl (C=O) groups is 1. The molecule has 0 fully saturated rings. The normalized spacial score (nSPS) is 11.1. The van der Waals surface area contributed by atoms with Gasteiger partial charge in [0.05, 0.1) is 6.21 Å². The molecule has 0 atom stereocenters. The average molecular weight is 457 g/mol. The van der Waals surface area contributed by atoms with Crippen molar-refractivity contribution in [1.82, 2.24) is 9.99 Å². The number of hydrogen-bond acceptors (Lipinski definition) is 2. The number of hydrogen-bond donors (Lipinski definition) is 1. The van der Waals surface area contributed by atoms with Crippen molar-refractivity contribution in [3.63, 3.8) is 0 Å². The molecule has 5 heteroatoms. The molecule has 0 bridgehead atoms. The molecule has 1 N–H and O–H groups in total. The zero-order valence-electron chi connectivity index (χ0n) is 15.0. The van der Waals surface area contributed by atoms with E-state index in [1.54, 1.807) is 18.3 Å². The molecule has 3 aromatic rings. The first-order valence-corrected chi connectivity index (χ1v) is 9.38. The number of rotatable bonds is 4. The van der Waals surface area contributed by atoms with Crippen molar-refractivity contribution >= 4 is 34.7 Å². The second-order valence-corrected chi connectivity index (χ2v) is 7.45. The summed E-state index contributed by atoms with van der Waals surface area (Å²) >= 11 is 2.30. The predicted molar refractivity (Wildman–Crippen MR) is 114 cm³/mol. The standard InChI is InChI=1S/C21H20IN3O/c1-14-4-6-17(7-5-14)21(26)24-23-13-18-12-15(2)25(16(18)3)20-10-8-19(22)9-11-20/h4-13H,1-3H3,(H,24,26)/b23-13-. The molecule has 26 heavy (non-hydrogen) atoms. The van der Waals surface area contributed by atoms with Crippen molar-refractivity contribution in [1.29, 1.82) is 0 Å². The number of carbonyl (C=O) groups excluding carboxylic acids is 1. The van der Waals surface area contributed by atoms with Crippen LogP contribution in [0.25, 0.3) is 5.69 Å². The Hall–Kier alpha value is -2.41. The van der Waals surface area contributed by atoms with Gasteiger partial charge in [0.15, 0.2) is 0 Å². The molecule has 1 aromatic heterocycles. The van der Waals surface area contributed by atoms with Crippen molar-refractivity contribution in [3.8, 4) is 5.69 Å². The lowest BCUT2D eigenvalue weighted by Crippen LogP contribution is -2.17. The Labute approximate surface area is 167 Å². The molecular formula is C21H20IN3O. The van der Waals surface area contributed by atoms with Gasteiger partial charge in [0.1, 0.15) is 0 Å². The molecule has 0 aliphatic carbocycles. The molecule has 1 heterocycles. The Bertz CT molecular complexity index is 954. The number of benzene rings is 2. The molecule has 132 valence electrons. The molecule has 0 saturated heterocycles. The molecular weight excluding hydrogens is 437 g/mol. The van der Waals surface area contributed by atoms with Gasteiger partial charge in [-0.05, 0) is 85.8 Å². The SMILES string of the molecule is Cc1ccc(C(=O)N/N=C\c2cc(C)n(-c3ccc(I)cc3)c2C)cc1. The molecule has 0 saturated carbocycles. The highest BCUT2D eigenvalue weighted by molar-refractivity contribution is 14.1. The van der Waals surface area contributed by atoms with Crippen LogP contribution in [-0.2, 0) is 0 Å². The number of halogens is 1. The van der Waals surface area contributed by atoms with Crippen LogP contribution in [0.5, 0.6) is 0 Å². The van der Waals surface area contributed by atoms with Gasteiger partial charge < -0.3 is 4.57 Å². The largest absolute Gasteiger partial charge is 0.318 e. The molecule has 0 unspecified atom stereocenters. The Morgan fingerprint density at radius 3 is 2.35 bits per heavy atom. The van der Waals surface area contributed by atoms with Crippen molar-refractivity contribution in [2.75, 3.05) is 0 Å². The number of hydrazone groups is 1. The number of amides is 1. The number of aromatic nitrogens is 1. The quantitative estimate of drug-likeness (QED) is 0.343. The highest BCUT2D eigenvalue weighted by Crippen LogP contribution is 2.20. The van der Waals surface area contributed by atoms with Crippen LogP contribution in [-0.4, -0.2) is 16.7 Å². The average Bonchev–Trinajstić information content (AvgIpc) is 2.90. The van der Waals surface area contributed by atoms with E-state index in [-0.39, 0.29) is 5.91 Å². The summed E-state index contributed by atoms with van der Waals surface area (Å²) in [6, 6.07) is 17.8. The lowest BCUT2D eigenvalue weighted by molar-refractivity contribution is 0.0955. The van der Waals surface area contributed by atoms with E-state index in [2.05, 4.69) is 74.9 Å². The minimum atomic E-state index is -0.215. The van der Waals surface area contributed by atoms with Gasteiger partial charge in [0.25, 0.3) is 5.91 Å². The first kappa shape index (κ1) is 18.4. The fraction of sp³-hybridized carbons (Fsp3) is 0.143. The van der Waals surface area contributed by atoms with E-state index < -0.39 is 0 Å². The van der Waals surface area contributed by atoms with E-state index >= 15 is 0 Å². The summed E-state index contributed by atoms with van der Waals surface area (Å²) in [5, 5.41) is 4.12. The van der Waals surface area contributed by atoms with Crippen LogP contribution in [0.2, 0.25) is 0 Å². The summed E-state index contributed by atoms with van der Waals surface area (Å²) in [7, 11) is 0. The third kappa shape index (κ3) is 4.04. The van der Waals surface area contributed by atoms with Gasteiger partial charge in [-0.3, -0.25) is 4.79 Å². The van der Waals surface area contributed by atoms with Crippen LogP contribution in [0.1, 0.15) is 32.9 Å². The van der Waals surface area contributed by atoms with Crippen LogP contribution in [0, 0.1) is 24.3 Å². The molecule has 3 rings (SSSR count). The molecule has 0 aliphatic heterocycles. The highest BCUT2D eigenvalue weighted by Gasteiger charge is 2.09. The van der Waals surface area contributed by atoms with Gasteiger partial charge in [-0.2, -0.15) is 5.10 Å². The zero-order valence-corrected chi connectivity index (χ0v) is 17.1. The lowest BCUT2D eigenvalue weighted by atomic mass is 10.1. The predicted octanol–water partition coefficient (Wildman–Crippen LogP) is 4.77. The number of nitrogens with one attached hydrogen (secondary N) is 1. The second kappa shape index (κ2) is 7.86. The third-order valence-electron chi connectivity index (χ3n) is 4.24. The van der Waals surface area contributed by atoms with Gasteiger partial charge >= 0.3 is 0 Å². The van der Waals surface area contributed by atoms with Crippen molar-refractivity contribution < 1.29 is 4.79 Å². The first-order chi connectivity index (χ1) is 12.5. The molecule has 2 aromatic carbocycles. The molecule has 0 spiro atoms. The number of nitrogens with zero attached hydrogens (tertiary/aromatic N) is 2. The van der Waals surface area contributed by atoms with Crippen LogP contribution in [0.3, 0.4) is 0 Å². The van der Waals surface area contributed by atoms with Crippen LogP contribution in [0.15, 0.2) is 59.7 Å². The van der Waals surface area contributed by atoms with Gasteiger partial charge in [-0.1, -0.05) is 17.7 Å². The zero-order chi connectivity index (χ0) is 18.7. The van der Waals surface area contributed by atoms with Crippen LogP contribution >= 0.6 is 22.6 Å². The summed E-state index contributed by atoms with van der Waals surface area (Å²) in [5.74, 6) is -0.215. The van der Waals surface area contributed by atoms with E-state index in [1.165, 1.54) is 3.57 Å². The smallest absolute Gasteiger partial charge is 0.271 e. The summed E-state index contributed by atoms with van der Waals surface area (Å²) in [6.07, 6.45) is 1.69. The van der Waals surface area contributed by atoms with Gasteiger partial charge in [-0.15, -0.1) is 0 Å². The highest BCUT2D eigenvalue weighted by atomic mass is 127. The fourth-order valence-electron chi connectivity index (χ4n) is 2.84. The summed E-state index contributed by atoms with van der Waals surface area (Å²) < 4.78 is 3.38. The van der Waals surface area contributed by atoms with Crippen LogP contribution in [0.4, 0.5) is 0 Å². The van der Waals surface area contributed by atoms with E-state index in [9.17, 15) is 4.79 Å². The Balaban J connectivity index is 1.77. The van der Waals surface area contributed by atoms with Crippen molar-refractivity contribution in [2.45, 2.75) is 20.8 Å². The maximum absolute atomic E-state index is 12.1. The fourth-order valence-corrected chi connectivity index (χ4v) is 3.20. The minimum Gasteiger partial charge on any atom is -0.318 e. The summed E-state index contributed by atoms with van der Waals surface area (Å²) in [5.41, 5.74) is 8.60. The maximum Gasteiger partial charge on any atom is 0.271 e. The molecule has 4 nitrogen and oxygen atoms in total. The minimum absolute atomic E-state index is 0.215. The van der Waals surface area contributed by atoms with E-state index in [1.807, 2.05) is 26.0 Å². The molecule has 0 radical (unpaired) electrons. The van der Waals surface area contributed by atoms with Gasteiger partial charge in [0.2, 0.25) is 0 Å². The first-order valence-electron chi connectivity index (χ1n) is 8.30. The van der Waals surface area contributed by atoms with E-state index in [0.29, 0.717) is 5.56 Å². The topological polar surface area (TPSA) is 46.4 Å². The molecule has 1 amide bonds. The lowest BCUT2D eigenvalue weighted by Gasteiger charge is -2.09. The summed E-state index contributed by atoms with van der Waals surface area (Å²) in [6.45, 7) is 6.10. The summed E-state index contributed by atoms with van der Waals surface area (Å²) in [4.78, 5) is 12.1. The van der Waals surface area contributed by atoms with Crippen molar-refractivity contribution in [3.05, 3.63) is 86.2 Å². The van der Waals surface area contributed by atoms with Gasteiger partial charge in [0, 0.05) is 31.8 Å². The second-order valence-electron chi connectivity index (χ2n) is 6.20. The van der Waals surface area contributed by atoms with Gasteiger partial charge in [-0.25, -0.2) is 5.43 Å². The van der Waals surface area contributed by atoms with Crippen molar-refractivity contribution in [2.24, 2.45) is 5.10 Å². The van der Waals surface area contributed by atoms with E-state index in [0.717, 1.165) is 28.2 Å². The monoisotopic (exact) mass is 457 g/mol. The maximum atomic E-state index is 12.1. The third-order valence-corrected chi connectivity index (χ3v) is 4.96. The molecule has 0 aliphatic rings. The number of aryl methyl sites for hydroxylation is 2. The Morgan fingerprint density at radius 2 is 1.69 bits per heavy atom. The Morgan fingerprint density at radius 1 is 1.04 bits per heavy atom. The van der Waals surface area contributed by atoms with Crippen LogP contribution < -0.4 is 5.43 Å². The Kier molecular flexibility index (Phi) is 5.56. The van der Waals surface area contributed by atoms with E-state index in [4.69, 9.17) is 0 Å².